The normalized spacial score (nSPS) is 23.4. The van der Waals surface area contributed by atoms with Gasteiger partial charge in [0.25, 0.3) is 5.91 Å². The lowest BCUT2D eigenvalue weighted by Gasteiger charge is -2.27. The van der Waals surface area contributed by atoms with Crippen LogP contribution in [0.5, 0.6) is 0 Å². The summed E-state index contributed by atoms with van der Waals surface area (Å²) in [5.74, 6) is 0.748. The molecule has 0 heterocycles. The number of aliphatic hydroxyl groups is 1. The highest BCUT2D eigenvalue weighted by molar-refractivity contribution is 5.94. The molecule has 0 spiro atoms. The van der Waals surface area contributed by atoms with Crippen LogP contribution >= 0.6 is 0 Å². The van der Waals surface area contributed by atoms with Gasteiger partial charge in [0.15, 0.2) is 0 Å². The summed E-state index contributed by atoms with van der Waals surface area (Å²) in [5, 5.41) is 13.1. The molecule has 1 aromatic carbocycles. The van der Waals surface area contributed by atoms with Crippen LogP contribution in [0.25, 0.3) is 0 Å². The van der Waals surface area contributed by atoms with Crippen molar-refractivity contribution in [3.8, 4) is 0 Å². The van der Waals surface area contributed by atoms with E-state index >= 15 is 0 Å². The minimum atomic E-state index is -0.920. The summed E-state index contributed by atoms with van der Waals surface area (Å²) < 4.78 is 0. The van der Waals surface area contributed by atoms with Crippen molar-refractivity contribution < 1.29 is 9.90 Å². The number of carbonyl (C=O) groups excluding carboxylic acids is 1. The molecule has 1 fully saturated rings. The molecule has 2 rings (SSSR count). The highest BCUT2D eigenvalue weighted by Gasteiger charge is 2.21. The summed E-state index contributed by atoms with van der Waals surface area (Å²) >= 11 is 0. The largest absolute Gasteiger partial charge is 0.386 e. The summed E-state index contributed by atoms with van der Waals surface area (Å²) in [7, 11) is 0. The van der Waals surface area contributed by atoms with E-state index in [9.17, 15) is 9.90 Å². The second-order valence-corrected chi connectivity index (χ2v) is 6.57. The molecule has 0 saturated heterocycles. The first-order valence-corrected chi connectivity index (χ1v) is 7.50. The van der Waals surface area contributed by atoms with Crippen LogP contribution in [-0.2, 0) is 5.60 Å². The predicted molar refractivity (Wildman–Crippen MR) is 80.6 cm³/mol. The third-order valence-electron chi connectivity index (χ3n) is 4.18. The van der Waals surface area contributed by atoms with Gasteiger partial charge < -0.3 is 10.4 Å². The van der Waals surface area contributed by atoms with E-state index in [-0.39, 0.29) is 5.91 Å². The van der Waals surface area contributed by atoms with E-state index in [1.54, 1.807) is 26.0 Å². The highest BCUT2D eigenvalue weighted by Crippen LogP contribution is 2.24. The van der Waals surface area contributed by atoms with E-state index in [2.05, 4.69) is 12.2 Å². The Morgan fingerprint density at radius 1 is 1.25 bits per heavy atom. The second-order valence-electron chi connectivity index (χ2n) is 6.57. The molecular weight excluding hydrogens is 250 g/mol. The van der Waals surface area contributed by atoms with Gasteiger partial charge in [-0.3, -0.25) is 4.79 Å². The fraction of sp³-hybridized carbons (Fsp3) is 0.588. The van der Waals surface area contributed by atoms with Crippen molar-refractivity contribution in [3.63, 3.8) is 0 Å². The van der Waals surface area contributed by atoms with Gasteiger partial charge in [0.05, 0.1) is 5.60 Å². The Balaban J connectivity index is 2.02. The Morgan fingerprint density at radius 2 is 1.90 bits per heavy atom. The maximum Gasteiger partial charge on any atom is 0.251 e. The number of nitrogens with one attached hydrogen (secondary N) is 1. The SMILES string of the molecule is CC(C)(O)c1cccc(C(=O)N[C@H]2CC[C@H](C)CC2)c1. The second kappa shape index (κ2) is 5.96. The van der Waals surface area contributed by atoms with E-state index < -0.39 is 5.60 Å². The quantitative estimate of drug-likeness (QED) is 0.890. The molecule has 1 amide bonds. The Bertz CT molecular complexity index is 468. The zero-order chi connectivity index (χ0) is 14.8. The molecule has 1 aliphatic rings. The Morgan fingerprint density at radius 3 is 2.50 bits per heavy atom. The van der Waals surface area contributed by atoms with Gasteiger partial charge in [0.2, 0.25) is 0 Å². The predicted octanol–water partition coefficient (Wildman–Crippen LogP) is 3.22. The molecule has 3 heteroatoms. The number of hydrogen-bond acceptors (Lipinski definition) is 2. The molecular formula is C17H25NO2. The number of carbonyl (C=O) groups is 1. The summed E-state index contributed by atoms with van der Waals surface area (Å²) in [6.07, 6.45) is 4.51. The number of benzene rings is 1. The molecule has 0 radical (unpaired) electrons. The van der Waals surface area contributed by atoms with E-state index in [1.165, 1.54) is 12.8 Å². The number of rotatable bonds is 3. The average molecular weight is 275 g/mol. The lowest BCUT2D eigenvalue weighted by molar-refractivity contribution is 0.0784. The molecule has 0 bridgehead atoms. The van der Waals surface area contributed by atoms with Gasteiger partial charge in [0.1, 0.15) is 0 Å². The zero-order valence-electron chi connectivity index (χ0n) is 12.6. The number of hydrogen-bond donors (Lipinski definition) is 2. The van der Waals surface area contributed by atoms with Crippen LogP contribution in [0.2, 0.25) is 0 Å². The zero-order valence-corrected chi connectivity index (χ0v) is 12.6. The van der Waals surface area contributed by atoms with E-state index in [1.807, 2.05) is 12.1 Å². The highest BCUT2D eigenvalue weighted by atomic mass is 16.3. The summed E-state index contributed by atoms with van der Waals surface area (Å²) in [5.41, 5.74) is 0.474. The summed E-state index contributed by atoms with van der Waals surface area (Å²) in [6.45, 7) is 5.73. The molecule has 0 unspecified atom stereocenters. The molecule has 2 N–H and O–H groups in total. The maximum atomic E-state index is 12.3. The topological polar surface area (TPSA) is 49.3 Å². The van der Waals surface area contributed by atoms with Gasteiger partial charge in [-0.15, -0.1) is 0 Å². The van der Waals surface area contributed by atoms with Crippen LogP contribution in [0.4, 0.5) is 0 Å². The first kappa shape index (κ1) is 15.0. The van der Waals surface area contributed by atoms with Crippen molar-refractivity contribution in [3.05, 3.63) is 35.4 Å². The fourth-order valence-electron chi connectivity index (χ4n) is 2.71. The molecule has 1 saturated carbocycles. The van der Waals surface area contributed by atoms with E-state index in [4.69, 9.17) is 0 Å². The van der Waals surface area contributed by atoms with Gasteiger partial charge >= 0.3 is 0 Å². The van der Waals surface area contributed by atoms with Crippen molar-refractivity contribution in [1.29, 1.82) is 0 Å². The molecule has 1 aliphatic carbocycles. The van der Waals surface area contributed by atoms with Crippen molar-refractivity contribution in [1.82, 2.24) is 5.32 Å². The van der Waals surface area contributed by atoms with Crippen LogP contribution in [0.3, 0.4) is 0 Å². The van der Waals surface area contributed by atoms with Gasteiger partial charge in [-0.25, -0.2) is 0 Å². The molecule has 20 heavy (non-hydrogen) atoms. The Hall–Kier alpha value is -1.35. The molecule has 110 valence electrons. The minimum absolute atomic E-state index is 0.0318. The van der Waals surface area contributed by atoms with Gasteiger partial charge in [-0.05, 0) is 63.1 Å². The first-order valence-electron chi connectivity index (χ1n) is 7.50. The molecule has 0 aromatic heterocycles. The monoisotopic (exact) mass is 275 g/mol. The molecule has 3 nitrogen and oxygen atoms in total. The van der Waals surface area contributed by atoms with Crippen LogP contribution in [0, 0.1) is 5.92 Å². The first-order chi connectivity index (χ1) is 9.36. The van der Waals surface area contributed by atoms with E-state index in [0.717, 1.165) is 24.3 Å². The van der Waals surface area contributed by atoms with Crippen LogP contribution in [0.1, 0.15) is 62.4 Å². The van der Waals surface area contributed by atoms with Gasteiger partial charge in [0, 0.05) is 11.6 Å². The molecule has 1 aromatic rings. The van der Waals surface area contributed by atoms with Gasteiger partial charge in [-0.1, -0.05) is 19.1 Å². The molecule has 0 atom stereocenters. The van der Waals surface area contributed by atoms with Crippen molar-refractivity contribution in [2.75, 3.05) is 0 Å². The van der Waals surface area contributed by atoms with Crippen molar-refractivity contribution in [2.45, 2.75) is 58.1 Å². The van der Waals surface area contributed by atoms with Crippen LogP contribution in [-0.4, -0.2) is 17.1 Å². The lowest BCUT2D eigenvalue weighted by atomic mass is 9.87. The third kappa shape index (κ3) is 3.83. The van der Waals surface area contributed by atoms with Crippen LogP contribution < -0.4 is 5.32 Å². The minimum Gasteiger partial charge on any atom is -0.386 e. The Labute approximate surface area is 121 Å². The maximum absolute atomic E-state index is 12.3. The Kier molecular flexibility index (Phi) is 4.48. The summed E-state index contributed by atoms with van der Waals surface area (Å²) in [6, 6.07) is 7.55. The summed E-state index contributed by atoms with van der Waals surface area (Å²) in [4.78, 5) is 12.3. The smallest absolute Gasteiger partial charge is 0.251 e. The number of amides is 1. The van der Waals surface area contributed by atoms with Crippen molar-refractivity contribution in [2.24, 2.45) is 5.92 Å². The molecule has 0 aliphatic heterocycles. The lowest BCUT2D eigenvalue weighted by Crippen LogP contribution is -2.37. The fourth-order valence-corrected chi connectivity index (χ4v) is 2.71. The standard InChI is InChI=1S/C17H25NO2/c1-12-7-9-15(10-8-12)18-16(19)13-5-4-6-14(11-13)17(2,3)20/h4-6,11-12,15,20H,7-10H2,1-3H3,(H,18,19)/t12-,15-. The third-order valence-corrected chi connectivity index (χ3v) is 4.18. The van der Waals surface area contributed by atoms with Gasteiger partial charge in [-0.2, -0.15) is 0 Å². The van der Waals surface area contributed by atoms with E-state index in [0.29, 0.717) is 11.6 Å². The van der Waals surface area contributed by atoms with Crippen molar-refractivity contribution >= 4 is 5.91 Å². The van der Waals surface area contributed by atoms with Crippen LogP contribution in [0.15, 0.2) is 24.3 Å². The average Bonchev–Trinajstić information content (AvgIpc) is 2.40.